The van der Waals surface area contributed by atoms with Gasteiger partial charge < -0.3 is 15.4 Å². The molecule has 20 heavy (non-hydrogen) atoms. The van der Waals surface area contributed by atoms with E-state index in [1.807, 2.05) is 30.9 Å². The van der Waals surface area contributed by atoms with Crippen LogP contribution in [-0.4, -0.2) is 47.5 Å². The summed E-state index contributed by atoms with van der Waals surface area (Å²) in [5.41, 5.74) is 1.15. The van der Waals surface area contributed by atoms with Crippen LogP contribution < -0.4 is 10.6 Å². The molecule has 1 aliphatic rings. The van der Waals surface area contributed by atoms with Crippen LogP contribution >= 0.6 is 0 Å². The van der Waals surface area contributed by atoms with Gasteiger partial charge >= 0.3 is 0 Å². The predicted octanol–water partition coefficient (Wildman–Crippen LogP) is 0.465. The van der Waals surface area contributed by atoms with Gasteiger partial charge in [-0.3, -0.25) is 9.48 Å². The van der Waals surface area contributed by atoms with Crippen molar-refractivity contribution in [1.82, 2.24) is 20.4 Å². The van der Waals surface area contributed by atoms with Crippen LogP contribution in [0.4, 0.5) is 0 Å². The van der Waals surface area contributed by atoms with E-state index in [2.05, 4.69) is 15.7 Å². The Bertz CT molecular complexity index is 427. The monoisotopic (exact) mass is 280 g/mol. The molecule has 1 fully saturated rings. The maximum absolute atomic E-state index is 11.9. The normalized spacial score (nSPS) is 20.0. The number of ether oxygens (including phenoxy) is 1. The molecule has 2 unspecified atom stereocenters. The molecule has 1 aliphatic heterocycles. The summed E-state index contributed by atoms with van der Waals surface area (Å²) < 4.78 is 7.35. The van der Waals surface area contributed by atoms with E-state index in [1.165, 1.54) is 0 Å². The lowest BCUT2D eigenvalue weighted by Gasteiger charge is -2.16. The van der Waals surface area contributed by atoms with Crippen molar-refractivity contribution in [3.05, 3.63) is 18.0 Å². The number of rotatable bonds is 7. The fraction of sp³-hybridized carbons (Fsp3) is 0.714. The summed E-state index contributed by atoms with van der Waals surface area (Å²) in [6.07, 6.45) is 6.15. The Kier molecular flexibility index (Phi) is 5.55. The predicted molar refractivity (Wildman–Crippen MR) is 76.4 cm³/mol. The van der Waals surface area contributed by atoms with Crippen molar-refractivity contribution in [3.8, 4) is 0 Å². The van der Waals surface area contributed by atoms with Crippen LogP contribution in [0.15, 0.2) is 12.4 Å². The van der Waals surface area contributed by atoms with Crippen molar-refractivity contribution in [2.45, 2.75) is 45.4 Å². The number of hydrogen-bond donors (Lipinski definition) is 2. The molecule has 1 amide bonds. The summed E-state index contributed by atoms with van der Waals surface area (Å²) in [6.45, 7) is 6.80. The summed E-state index contributed by atoms with van der Waals surface area (Å²) in [4.78, 5) is 11.9. The minimum absolute atomic E-state index is 0.0251. The van der Waals surface area contributed by atoms with Gasteiger partial charge in [0.1, 0.15) is 0 Å². The number of nitrogens with zero attached hydrogens (tertiary/aromatic N) is 2. The summed E-state index contributed by atoms with van der Waals surface area (Å²) in [5.74, 6) is 0.0251. The van der Waals surface area contributed by atoms with Crippen LogP contribution in [0.3, 0.4) is 0 Å². The summed E-state index contributed by atoms with van der Waals surface area (Å²) in [7, 11) is 0. The topological polar surface area (TPSA) is 68.2 Å². The van der Waals surface area contributed by atoms with E-state index < -0.39 is 0 Å². The molecule has 0 saturated carbocycles. The molecule has 2 heterocycles. The number of aryl methyl sites for hydroxylation is 1. The molecular formula is C14H24N4O2. The zero-order valence-corrected chi connectivity index (χ0v) is 12.3. The first-order chi connectivity index (χ1) is 9.65. The van der Waals surface area contributed by atoms with Gasteiger partial charge in [0, 0.05) is 25.9 Å². The first kappa shape index (κ1) is 15.0. The number of amides is 1. The van der Waals surface area contributed by atoms with E-state index >= 15 is 0 Å². The number of aromatic nitrogens is 2. The molecule has 0 spiro atoms. The lowest BCUT2D eigenvalue weighted by Crippen LogP contribution is -2.45. The Balaban J connectivity index is 1.60. The maximum atomic E-state index is 11.9. The molecule has 0 radical (unpaired) electrons. The van der Waals surface area contributed by atoms with Crippen LogP contribution in [0.5, 0.6) is 0 Å². The lowest BCUT2D eigenvalue weighted by molar-refractivity contribution is -0.123. The van der Waals surface area contributed by atoms with E-state index in [4.69, 9.17) is 4.74 Å². The fourth-order valence-electron chi connectivity index (χ4n) is 2.25. The zero-order chi connectivity index (χ0) is 14.4. The third-order valence-electron chi connectivity index (χ3n) is 3.48. The van der Waals surface area contributed by atoms with E-state index in [9.17, 15) is 4.79 Å². The number of carbonyl (C=O) groups excluding carboxylic acids is 1. The van der Waals surface area contributed by atoms with E-state index in [-0.39, 0.29) is 18.1 Å². The molecule has 1 aromatic heterocycles. The number of hydrogen-bond acceptors (Lipinski definition) is 4. The van der Waals surface area contributed by atoms with Gasteiger partial charge in [0.25, 0.3) is 0 Å². The van der Waals surface area contributed by atoms with Crippen LogP contribution in [0, 0.1) is 6.92 Å². The standard InChI is InChI=1S/C14H24N4O2/c1-11-8-17-18(10-11)6-5-15-12(2)14(19)16-9-13-4-3-7-20-13/h8,10,12-13,15H,3-7,9H2,1-2H3,(H,16,19). The average Bonchev–Trinajstić information content (AvgIpc) is 3.07. The third kappa shape index (κ3) is 4.61. The minimum Gasteiger partial charge on any atom is -0.376 e. The highest BCUT2D eigenvalue weighted by molar-refractivity contribution is 5.81. The lowest BCUT2D eigenvalue weighted by atomic mass is 10.2. The summed E-state index contributed by atoms with van der Waals surface area (Å²) in [5, 5.41) is 10.3. The largest absolute Gasteiger partial charge is 0.376 e. The van der Waals surface area contributed by atoms with Gasteiger partial charge in [-0.2, -0.15) is 5.10 Å². The maximum Gasteiger partial charge on any atom is 0.236 e. The van der Waals surface area contributed by atoms with Gasteiger partial charge in [-0.15, -0.1) is 0 Å². The third-order valence-corrected chi connectivity index (χ3v) is 3.48. The van der Waals surface area contributed by atoms with Gasteiger partial charge in [-0.05, 0) is 32.3 Å². The summed E-state index contributed by atoms with van der Waals surface area (Å²) in [6, 6.07) is -0.201. The van der Waals surface area contributed by atoms with Crippen LogP contribution in [0.25, 0.3) is 0 Å². The molecule has 1 saturated heterocycles. The Hall–Kier alpha value is -1.40. The fourth-order valence-corrected chi connectivity index (χ4v) is 2.25. The van der Waals surface area contributed by atoms with Crippen molar-refractivity contribution in [2.75, 3.05) is 19.7 Å². The molecular weight excluding hydrogens is 256 g/mol. The second kappa shape index (κ2) is 7.40. The quantitative estimate of drug-likeness (QED) is 0.761. The molecule has 0 aliphatic carbocycles. The van der Waals surface area contributed by atoms with Crippen molar-refractivity contribution in [1.29, 1.82) is 0 Å². The Morgan fingerprint density at radius 2 is 2.50 bits per heavy atom. The van der Waals surface area contributed by atoms with E-state index in [1.54, 1.807) is 0 Å². The second-order valence-electron chi connectivity index (χ2n) is 5.34. The molecule has 6 heteroatoms. The summed E-state index contributed by atoms with van der Waals surface area (Å²) >= 11 is 0. The molecule has 2 N–H and O–H groups in total. The number of nitrogens with one attached hydrogen (secondary N) is 2. The molecule has 0 aromatic carbocycles. The Morgan fingerprint density at radius 3 is 3.15 bits per heavy atom. The van der Waals surface area contributed by atoms with Crippen LogP contribution in [-0.2, 0) is 16.1 Å². The average molecular weight is 280 g/mol. The van der Waals surface area contributed by atoms with E-state index in [0.717, 1.165) is 38.1 Å². The molecule has 2 atom stereocenters. The molecule has 112 valence electrons. The first-order valence-corrected chi connectivity index (χ1v) is 7.27. The highest BCUT2D eigenvalue weighted by atomic mass is 16.5. The highest BCUT2D eigenvalue weighted by Crippen LogP contribution is 2.10. The second-order valence-corrected chi connectivity index (χ2v) is 5.34. The molecule has 6 nitrogen and oxygen atoms in total. The van der Waals surface area contributed by atoms with Crippen LogP contribution in [0.1, 0.15) is 25.3 Å². The van der Waals surface area contributed by atoms with Gasteiger partial charge in [0.2, 0.25) is 5.91 Å². The smallest absolute Gasteiger partial charge is 0.236 e. The van der Waals surface area contributed by atoms with E-state index in [0.29, 0.717) is 6.54 Å². The van der Waals surface area contributed by atoms with Gasteiger partial charge in [-0.1, -0.05) is 0 Å². The SMILES string of the molecule is Cc1cnn(CCNC(C)C(=O)NCC2CCCO2)c1. The Morgan fingerprint density at radius 1 is 1.65 bits per heavy atom. The highest BCUT2D eigenvalue weighted by Gasteiger charge is 2.18. The molecule has 2 rings (SSSR count). The number of carbonyl (C=O) groups is 1. The van der Waals surface area contributed by atoms with Crippen molar-refractivity contribution < 1.29 is 9.53 Å². The molecule has 0 bridgehead atoms. The first-order valence-electron chi connectivity index (χ1n) is 7.27. The van der Waals surface area contributed by atoms with Crippen molar-refractivity contribution in [2.24, 2.45) is 0 Å². The minimum atomic E-state index is -0.201. The Labute approximate surface area is 119 Å². The van der Waals surface area contributed by atoms with Gasteiger partial charge in [0.05, 0.1) is 24.9 Å². The van der Waals surface area contributed by atoms with Crippen molar-refractivity contribution in [3.63, 3.8) is 0 Å². The van der Waals surface area contributed by atoms with Crippen LogP contribution in [0.2, 0.25) is 0 Å². The van der Waals surface area contributed by atoms with Crippen molar-refractivity contribution >= 4 is 5.91 Å². The van der Waals surface area contributed by atoms with Gasteiger partial charge in [0.15, 0.2) is 0 Å². The zero-order valence-electron chi connectivity index (χ0n) is 12.3. The molecule has 1 aromatic rings. The van der Waals surface area contributed by atoms with Gasteiger partial charge in [-0.25, -0.2) is 0 Å².